The second-order valence-electron chi connectivity index (χ2n) is 5.04. The molecule has 0 spiro atoms. The van der Waals surface area contributed by atoms with Gasteiger partial charge in [0.2, 0.25) is 0 Å². The highest BCUT2D eigenvalue weighted by molar-refractivity contribution is 5.31. The van der Waals surface area contributed by atoms with Gasteiger partial charge in [-0.3, -0.25) is 0 Å². The van der Waals surface area contributed by atoms with Crippen molar-refractivity contribution in [1.29, 1.82) is 0 Å². The van der Waals surface area contributed by atoms with Crippen LogP contribution in [0.1, 0.15) is 43.9 Å². The van der Waals surface area contributed by atoms with E-state index in [9.17, 15) is 5.11 Å². The van der Waals surface area contributed by atoms with Crippen molar-refractivity contribution in [2.75, 3.05) is 0 Å². The molecule has 1 N–H and O–H groups in total. The highest BCUT2D eigenvalue weighted by Gasteiger charge is 2.37. The number of hydrogen-bond acceptors (Lipinski definition) is 1. The minimum Gasteiger partial charge on any atom is -0.387 e. The van der Waals surface area contributed by atoms with Gasteiger partial charge in [0.25, 0.3) is 0 Å². The van der Waals surface area contributed by atoms with Gasteiger partial charge in [0, 0.05) is 5.41 Å². The van der Waals surface area contributed by atoms with Crippen LogP contribution in [0.3, 0.4) is 0 Å². The van der Waals surface area contributed by atoms with E-state index >= 15 is 0 Å². The van der Waals surface area contributed by atoms with Gasteiger partial charge < -0.3 is 5.11 Å². The Morgan fingerprint density at radius 2 is 1.32 bits per heavy atom. The lowest BCUT2D eigenvalue weighted by atomic mass is 9.69. The summed E-state index contributed by atoms with van der Waals surface area (Å²) in [5, 5.41) is 10.9. The van der Waals surface area contributed by atoms with Crippen LogP contribution in [0.4, 0.5) is 0 Å². The van der Waals surface area contributed by atoms with Gasteiger partial charge >= 0.3 is 0 Å². The van der Waals surface area contributed by atoms with E-state index in [2.05, 4.69) is 26.0 Å². The van der Waals surface area contributed by atoms with E-state index in [0.717, 1.165) is 18.4 Å². The van der Waals surface area contributed by atoms with Gasteiger partial charge in [0.05, 0.1) is 6.10 Å². The molecule has 0 aromatic heterocycles. The number of aliphatic hydroxyl groups excluding tert-OH is 1. The molecule has 2 aromatic carbocycles. The van der Waals surface area contributed by atoms with Crippen LogP contribution >= 0.6 is 0 Å². The van der Waals surface area contributed by atoms with E-state index in [1.807, 2.05) is 48.5 Å². The van der Waals surface area contributed by atoms with E-state index in [0.29, 0.717) is 0 Å². The fourth-order valence-corrected chi connectivity index (χ4v) is 2.93. The minimum atomic E-state index is -0.467. The summed E-state index contributed by atoms with van der Waals surface area (Å²) in [4.78, 5) is 0. The van der Waals surface area contributed by atoms with Gasteiger partial charge in [-0.1, -0.05) is 74.5 Å². The Labute approximate surface area is 115 Å². The molecule has 1 nitrogen and oxygen atoms in total. The molecule has 0 amide bonds. The van der Waals surface area contributed by atoms with Gasteiger partial charge in [0.1, 0.15) is 0 Å². The standard InChI is InChI=1S/C18H22O/c1-3-18(4-2,16-13-9-6-10-14-16)17(19)15-11-7-5-8-12-15/h5-14,17,19H,3-4H2,1-2H3/t17-/m0/s1. The minimum absolute atomic E-state index is 0.206. The smallest absolute Gasteiger partial charge is 0.0886 e. The number of hydrogen-bond donors (Lipinski definition) is 1. The zero-order valence-electron chi connectivity index (χ0n) is 11.7. The lowest BCUT2D eigenvalue weighted by Gasteiger charge is -2.37. The first kappa shape index (κ1) is 13.8. The van der Waals surface area contributed by atoms with E-state index < -0.39 is 6.10 Å². The second-order valence-corrected chi connectivity index (χ2v) is 5.04. The monoisotopic (exact) mass is 254 g/mol. The molecule has 100 valence electrons. The summed E-state index contributed by atoms with van der Waals surface area (Å²) < 4.78 is 0. The topological polar surface area (TPSA) is 20.2 Å². The van der Waals surface area contributed by atoms with Gasteiger partial charge in [-0.2, -0.15) is 0 Å². The maximum atomic E-state index is 10.9. The molecule has 0 heterocycles. The zero-order valence-corrected chi connectivity index (χ0v) is 11.7. The largest absolute Gasteiger partial charge is 0.387 e. The maximum Gasteiger partial charge on any atom is 0.0886 e. The number of rotatable bonds is 5. The van der Waals surface area contributed by atoms with E-state index in [-0.39, 0.29) is 5.41 Å². The number of benzene rings is 2. The third kappa shape index (κ3) is 2.57. The Kier molecular flexibility index (Phi) is 4.39. The molecule has 0 aliphatic rings. The molecule has 1 heteroatoms. The molecule has 0 aliphatic carbocycles. The van der Waals surface area contributed by atoms with Crippen molar-refractivity contribution in [3.05, 3.63) is 71.8 Å². The predicted octanol–water partition coefficient (Wildman–Crippen LogP) is 4.48. The normalized spacial score (nSPS) is 13.2. The Balaban J connectivity index is 2.45. The average Bonchev–Trinajstić information content (AvgIpc) is 2.51. The highest BCUT2D eigenvalue weighted by Crippen LogP contribution is 2.42. The quantitative estimate of drug-likeness (QED) is 0.834. The van der Waals surface area contributed by atoms with Crippen LogP contribution in [0.15, 0.2) is 60.7 Å². The molecule has 19 heavy (non-hydrogen) atoms. The van der Waals surface area contributed by atoms with Crippen molar-refractivity contribution in [1.82, 2.24) is 0 Å². The van der Waals surface area contributed by atoms with Crippen molar-refractivity contribution >= 4 is 0 Å². The molecule has 2 aromatic rings. The highest BCUT2D eigenvalue weighted by atomic mass is 16.3. The molecule has 0 aliphatic heterocycles. The summed E-state index contributed by atoms with van der Waals surface area (Å²) in [6.45, 7) is 4.31. The first-order valence-corrected chi connectivity index (χ1v) is 7.03. The molecule has 2 rings (SSSR count). The maximum absolute atomic E-state index is 10.9. The van der Waals surface area contributed by atoms with E-state index in [1.54, 1.807) is 0 Å². The Morgan fingerprint density at radius 1 is 0.842 bits per heavy atom. The average molecular weight is 254 g/mol. The Bertz CT molecular complexity index is 486. The molecule has 0 bridgehead atoms. The van der Waals surface area contributed by atoms with Crippen LogP contribution in [-0.4, -0.2) is 5.11 Å². The SMILES string of the molecule is CCC(CC)(c1ccccc1)[C@@H](O)c1ccccc1. The van der Waals surface area contributed by atoms with Crippen molar-refractivity contribution in [3.63, 3.8) is 0 Å². The number of aliphatic hydroxyl groups is 1. The third-order valence-electron chi connectivity index (χ3n) is 4.25. The van der Waals surface area contributed by atoms with E-state index in [1.165, 1.54) is 5.56 Å². The molecule has 0 radical (unpaired) electrons. The second kappa shape index (κ2) is 6.03. The van der Waals surface area contributed by atoms with Crippen molar-refractivity contribution in [3.8, 4) is 0 Å². The van der Waals surface area contributed by atoms with Crippen LogP contribution < -0.4 is 0 Å². The fraction of sp³-hybridized carbons (Fsp3) is 0.333. The van der Waals surface area contributed by atoms with Crippen molar-refractivity contribution < 1.29 is 5.11 Å². The van der Waals surface area contributed by atoms with E-state index in [4.69, 9.17) is 0 Å². The van der Waals surface area contributed by atoms with Crippen molar-refractivity contribution in [2.45, 2.75) is 38.2 Å². The predicted molar refractivity (Wildman–Crippen MR) is 80.1 cm³/mol. The third-order valence-corrected chi connectivity index (χ3v) is 4.25. The molecule has 0 unspecified atom stereocenters. The van der Waals surface area contributed by atoms with Crippen molar-refractivity contribution in [2.24, 2.45) is 0 Å². The molecule has 0 saturated heterocycles. The van der Waals surface area contributed by atoms with Crippen LogP contribution in [0, 0.1) is 0 Å². The van der Waals surface area contributed by atoms with Gasteiger partial charge in [-0.05, 0) is 24.0 Å². The molecule has 0 saturated carbocycles. The van der Waals surface area contributed by atoms with Gasteiger partial charge in [0.15, 0.2) is 0 Å². The molecule has 0 fully saturated rings. The van der Waals surface area contributed by atoms with Gasteiger partial charge in [-0.25, -0.2) is 0 Å². The zero-order chi connectivity index (χ0) is 13.7. The Morgan fingerprint density at radius 3 is 1.79 bits per heavy atom. The van der Waals surface area contributed by atoms with Crippen LogP contribution in [-0.2, 0) is 5.41 Å². The lowest BCUT2D eigenvalue weighted by molar-refractivity contribution is 0.0727. The lowest BCUT2D eigenvalue weighted by Crippen LogP contribution is -2.32. The summed E-state index contributed by atoms with van der Waals surface area (Å²) in [5.41, 5.74) is 2.01. The summed E-state index contributed by atoms with van der Waals surface area (Å²) >= 11 is 0. The molecular weight excluding hydrogens is 232 g/mol. The fourth-order valence-electron chi connectivity index (χ4n) is 2.93. The molecule has 1 atom stereocenters. The first-order chi connectivity index (χ1) is 9.24. The van der Waals surface area contributed by atoms with Crippen LogP contribution in [0.5, 0.6) is 0 Å². The summed E-state index contributed by atoms with van der Waals surface area (Å²) in [6, 6.07) is 20.3. The van der Waals surface area contributed by atoms with Gasteiger partial charge in [-0.15, -0.1) is 0 Å². The molecular formula is C18H22O. The summed E-state index contributed by atoms with van der Waals surface area (Å²) in [5.74, 6) is 0. The first-order valence-electron chi connectivity index (χ1n) is 7.03. The summed E-state index contributed by atoms with van der Waals surface area (Å²) in [6.07, 6.45) is 1.37. The summed E-state index contributed by atoms with van der Waals surface area (Å²) in [7, 11) is 0. The Hall–Kier alpha value is -1.60. The van der Waals surface area contributed by atoms with Crippen LogP contribution in [0.2, 0.25) is 0 Å². The van der Waals surface area contributed by atoms with Crippen LogP contribution in [0.25, 0.3) is 0 Å².